The van der Waals surface area contributed by atoms with Crippen molar-refractivity contribution in [3.63, 3.8) is 0 Å². The molecule has 0 fully saturated rings. The lowest BCUT2D eigenvalue weighted by atomic mass is 9.70. The standard InChI is InChI=1S/C44H31N/c1-30-21-24-37-36-19-11-12-20-40(36)44(41(37)27-30)42-28-32(31-13-5-2-6-14-31)22-25-38(42)39-26-23-35(29-43(39)44)45(33-15-7-3-8-16-33)34-17-9-4-10-18-34/h2-29H,1H3. The third-order valence-electron chi connectivity index (χ3n) is 9.72. The Morgan fingerprint density at radius 3 is 1.56 bits per heavy atom. The number of hydrogen-bond acceptors (Lipinski definition) is 1. The van der Waals surface area contributed by atoms with Gasteiger partial charge in [0.25, 0.3) is 0 Å². The summed E-state index contributed by atoms with van der Waals surface area (Å²) in [6.45, 7) is 2.22. The lowest BCUT2D eigenvalue weighted by molar-refractivity contribution is 0.793. The van der Waals surface area contributed by atoms with Crippen molar-refractivity contribution in [2.75, 3.05) is 4.90 Å². The summed E-state index contributed by atoms with van der Waals surface area (Å²) >= 11 is 0. The van der Waals surface area contributed by atoms with Crippen molar-refractivity contribution >= 4 is 17.1 Å². The first kappa shape index (κ1) is 25.8. The molecular weight excluding hydrogens is 542 g/mol. The number of rotatable bonds is 4. The van der Waals surface area contributed by atoms with Crippen molar-refractivity contribution in [2.24, 2.45) is 0 Å². The predicted molar refractivity (Wildman–Crippen MR) is 188 cm³/mol. The molecule has 45 heavy (non-hydrogen) atoms. The molecule has 0 saturated heterocycles. The van der Waals surface area contributed by atoms with Crippen LogP contribution >= 0.6 is 0 Å². The van der Waals surface area contributed by atoms with Gasteiger partial charge in [-0.05, 0) is 105 Å². The number of nitrogens with zero attached hydrogens (tertiary/aromatic N) is 1. The van der Waals surface area contributed by atoms with E-state index in [1.165, 1.54) is 61.2 Å². The minimum Gasteiger partial charge on any atom is -0.310 e. The van der Waals surface area contributed by atoms with Crippen LogP contribution in [0.4, 0.5) is 17.1 Å². The molecule has 0 bridgehead atoms. The molecule has 7 aromatic rings. The van der Waals surface area contributed by atoms with E-state index in [1.807, 2.05) is 0 Å². The highest BCUT2D eigenvalue weighted by atomic mass is 15.1. The molecule has 0 N–H and O–H groups in total. The molecule has 1 heteroatoms. The van der Waals surface area contributed by atoms with E-state index in [0.717, 1.165) is 17.1 Å². The Labute approximate surface area is 264 Å². The number of aryl methyl sites for hydroxylation is 1. The van der Waals surface area contributed by atoms with E-state index < -0.39 is 5.41 Å². The van der Waals surface area contributed by atoms with Crippen molar-refractivity contribution in [2.45, 2.75) is 12.3 Å². The molecule has 1 spiro atoms. The summed E-state index contributed by atoms with van der Waals surface area (Å²) in [5.41, 5.74) is 17.5. The Morgan fingerprint density at radius 1 is 0.356 bits per heavy atom. The van der Waals surface area contributed by atoms with Crippen molar-refractivity contribution in [3.8, 4) is 33.4 Å². The van der Waals surface area contributed by atoms with E-state index in [0.29, 0.717) is 0 Å². The minimum absolute atomic E-state index is 0.428. The molecule has 2 aliphatic rings. The van der Waals surface area contributed by atoms with Gasteiger partial charge in [-0.1, -0.05) is 133 Å². The molecule has 0 saturated carbocycles. The van der Waals surface area contributed by atoms with Gasteiger partial charge in [-0.15, -0.1) is 0 Å². The second-order valence-corrected chi connectivity index (χ2v) is 12.2. The van der Waals surface area contributed by atoms with Crippen molar-refractivity contribution in [1.29, 1.82) is 0 Å². The molecule has 0 aromatic heterocycles. The fourth-order valence-corrected chi connectivity index (χ4v) is 7.84. The molecule has 7 aromatic carbocycles. The summed E-state index contributed by atoms with van der Waals surface area (Å²) in [6.07, 6.45) is 0. The Hall–Kier alpha value is -5.66. The molecule has 0 radical (unpaired) electrons. The van der Waals surface area contributed by atoms with Gasteiger partial charge in [0.1, 0.15) is 0 Å². The molecular formula is C44H31N. The van der Waals surface area contributed by atoms with Crippen LogP contribution in [0.1, 0.15) is 27.8 Å². The normalized spacial score (nSPS) is 15.3. The molecule has 2 aliphatic carbocycles. The number of fused-ring (bicyclic) bond motifs is 10. The van der Waals surface area contributed by atoms with E-state index in [-0.39, 0.29) is 0 Å². The Bertz CT molecular complexity index is 2180. The number of hydrogen-bond donors (Lipinski definition) is 0. The third kappa shape index (κ3) is 3.74. The molecule has 1 atom stereocenters. The van der Waals surface area contributed by atoms with Gasteiger partial charge in [-0.2, -0.15) is 0 Å². The SMILES string of the molecule is Cc1ccc2c(c1)C1(c3ccccc3-2)c2cc(-c3ccccc3)ccc2-c2ccc(N(c3ccccc3)c3ccccc3)cc21. The van der Waals surface area contributed by atoms with E-state index in [2.05, 4.69) is 182 Å². The quantitative estimate of drug-likeness (QED) is 0.202. The first-order chi connectivity index (χ1) is 22.2. The lowest BCUT2D eigenvalue weighted by Crippen LogP contribution is -2.26. The molecule has 1 unspecified atom stereocenters. The van der Waals surface area contributed by atoms with Gasteiger partial charge in [-0.25, -0.2) is 0 Å². The second-order valence-electron chi connectivity index (χ2n) is 12.2. The zero-order valence-corrected chi connectivity index (χ0v) is 25.1. The first-order valence-electron chi connectivity index (χ1n) is 15.7. The zero-order valence-electron chi connectivity index (χ0n) is 25.1. The molecule has 1 nitrogen and oxygen atoms in total. The van der Waals surface area contributed by atoms with Gasteiger partial charge in [0.2, 0.25) is 0 Å². The fourth-order valence-electron chi connectivity index (χ4n) is 7.84. The highest BCUT2D eigenvalue weighted by Gasteiger charge is 2.52. The van der Waals surface area contributed by atoms with Crippen LogP contribution in [0.3, 0.4) is 0 Å². The van der Waals surface area contributed by atoms with Crippen LogP contribution in [0.25, 0.3) is 33.4 Å². The number of benzene rings is 7. The summed E-state index contributed by atoms with van der Waals surface area (Å²) in [5.74, 6) is 0. The number of anilines is 3. The zero-order chi connectivity index (χ0) is 30.0. The summed E-state index contributed by atoms with van der Waals surface area (Å²) in [4.78, 5) is 2.38. The second kappa shape index (κ2) is 9.94. The van der Waals surface area contributed by atoms with Gasteiger partial charge in [0.05, 0.1) is 5.41 Å². The van der Waals surface area contributed by atoms with Crippen LogP contribution in [0.15, 0.2) is 170 Å². The van der Waals surface area contributed by atoms with Crippen LogP contribution < -0.4 is 4.90 Å². The van der Waals surface area contributed by atoms with Crippen molar-refractivity contribution in [3.05, 3.63) is 198 Å². The maximum atomic E-state index is 2.46. The average Bonchev–Trinajstić information content (AvgIpc) is 3.56. The maximum absolute atomic E-state index is 2.46. The molecule has 0 aliphatic heterocycles. The highest BCUT2D eigenvalue weighted by molar-refractivity contribution is 5.97. The summed E-state index contributed by atoms with van der Waals surface area (Å²) < 4.78 is 0. The maximum Gasteiger partial charge on any atom is 0.0726 e. The monoisotopic (exact) mass is 573 g/mol. The van der Waals surface area contributed by atoms with Crippen LogP contribution in [0.2, 0.25) is 0 Å². The van der Waals surface area contributed by atoms with E-state index in [9.17, 15) is 0 Å². The van der Waals surface area contributed by atoms with Crippen molar-refractivity contribution in [1.82, 2.24) is 0 Å². The Morgan fingerprint density at radius 2 is 0.867 bits per heavy atom. The van der Waals surface area contributed by atoms with E-state index in [1.54, 1.807) is 0 Å². The summed E-state index contributed by atoms with van der Waals surface area (Å²) in [5, 5.41) is 0. The summed E-state index contributed by atoms with van der Waals surface area (Å²) in [7, 11) is 0. The van der Waals surface area contributed by atoms with Gasteiger partial charge in [0, 0.05) is 17.1 Å². The number of para-hydroxylation sites is 2. The van der Waals surface area contributed by atoms with Crippen LogP contribution in [0, 0.1) is 6.92 Å². The van der Waals surface area contributed by atoms with E-state index >= 15 is 0 Å². The summed E-state index contributed by atoms with van der Waals surface area (Å²) in [6, 6.07) is 62.5. The van der Waals surface area contributed by atoms with Crippen molar-refractivity contribution < 1.29 is 0 Å². The fraction of sp³-hybridized carbons (Fsp3) is 0.0455. The molecule has 0 amide bonds. The van der Waals surface area contributed by atoms with Gasteiger partial charge >= 0.3 is 0 Å². The first-order valence-corrected chi connectivity index (χ1v) is 15.7. The predicted octanol–water partition coefficient (Wildman–Crippen LogP) is 11.5. The Balaban J connectivity index is 1.37. The lowest BCUT2D eigenvalue weighted by Gasteiger charge is -2.32. The molecule has 212 valence electrons. The average molecular weight is 574 g/mol. The largest absolute Gasteiger partial charge is 0.310 e. The topological polar surface area (TPSA) is 3.24 Å². The Kier molecular flexibility index (Phi) is 5.70. The van der Waals surface area contributed by atoms with Crippen LogP contribution in [-0.2, 0) is 5.41 Å². The minimum atomic E-state index is -0.428. The smallest absolute Gasteiger partial charge is 0.0726 e. The van der Waals surface area contributed by atoms with E-state index in [4.69, 9.17) is 0 Å². The molecule has 0 heterocycles. The van der Waals surface area contributed by atoms with Gasteiger partial charge in [0.15, 0.2) is 0 Å². The highest BCUT2D eigenvalue weighted by Crippen LogP contribution is 2.63. The van der Waals surface area contributed by atoms with Gasteiger partial charge < -0.3 is 4.90 Å². The third-order valence-corrected chi connectivity index (χ3v) is 9.72. The van der Waals surface area contributed by atoms with Gasteiger partial charge in [-0.3, -0.25) is 0 Å². The molecule has 9 rings (SSSR count). The van der Waals surface area contributed by atoms with Crippen LogP contribution in [0.5, 0.6) is 0 Å². The van der Waals surface area contributed by atoms with Crippen LogP contribution in [-0.4, -0.2) is 0 Å².